The monoisotopic (exact) mass is 814 g/mol. The minimum Gasteiger partial charge on any atom is -0.458 e. The molecule has 0 radical (unpaired) electrons. The second-order valence-electron chi connectivity index (χ2n) is 17.1. The van der Waals surface area contributed by atoms with E-state index in [0.29, 0.717) is 36.0 Å². The number of carbonyl (C=O) groups excluding carboxylic acids is 5. The summed E-state index contributed by atoms with van der Waals surface area (Å²) in [5.74, 6) is -0.963. The number of ketones is 2. The van der Waals surface area contributed by atoms with E-state index in [4.69, 9.17) is 4.74 Å². The maximum Gasteiger partial charge on any atom is 0.306 e. The van der Waals surface area contributed by atoms with Gasteiger partial charge in [0.25, 0.3) is 5.91 Å². The highest BCUT2D eigenvalue weighted by Gasteiger charge is 2.63. The summed E-state index contributed by atoms with van der Waals surface area (Å²) in [5.41, 5.74) is 2.91. The molecule has 8 rings (SSSR count). The van der Waals surface area contributed by atoms with E-state index in [1.54, 1.807) is 31.5 Å². The van der Waals surface area contributed by atoms with Crippen molar-refractivity contribution >= 4 is 64.2 Å². The minimum atomic E-state index is -0.643. The number of rotatable bonds is 11. The lowest BCUT2D eigenvalue weighted by atomic mass is 9.46. The standard InChI is InChI=1S/C47H50N4O7S/c1-46-22-21-30(52)24-28(46)11-14-32-35-16-17-36(47(35,2)26-39(53)44(32)46)40(54)27-58-43(56)20-19-42(55)51-38-25-31(59-41-10-5-4-9-34(41)45(57)48-3)13-15-33(38)37(50-51)18-12-29-8-6-7-23-49-29/h4-10,12-13,15,18,23-25,32,35-36,39,44,53H,11,14,16-17,19-22,26-27H2,1-3H3,(H,48,57)/b18-12+. The van der Waals surface area contributed by atoms with Crippen LogP contribution in [0.1, 0.15) is 98.2 Å². The van der Waals surface area contributed by atoms with Gasteiger partial charge >= 0.3 is 5.97 Å². The van der Waals surface area contributed by atoms with Crippen molar-refractivity contribution in [2.45, 2.75) is 87.5 Å². The molecule has 3 fully saturated rings. The van der Waals surface area contributed by atoms with E-state index in [2.05, 4.69) is 29.2 Å². The number of nitrogens with zero attached hydrogens (tertiary/aromatic N) is 3. The molecule has 3 saturated carbocycles. The van der Waals surface area contributed by atoms with Gasteiger partial charge in [0.15, 0.2) is 11.6 Å². The van der Waals surface area contributed by atoms with Crippen LogP contribution >= 0.6 is 11.8 Å². The van der Waals surface area contributed by atoms with Crippen molar-refractivity contribution in [1.29, 1.82) is 0 Å². The van der Waals surface area contributed by atoms with E-state index in [-0.39, 0.29) is 66.0 Å². The molecule has 2 aromatic heterocycles. The number of pyridine rings is 1. The number of Topliss-reactive ketones (excluding diaryl/α,β-unsaturated/α-hetero) is 1. The highest BCUT2D eigenvalue weighted by atomic mass is 32.2. The second kappa shape index (κ2) is 16.5. The van der Waals surface area contributed by atoms with Crippen molar-refractivity contribution in [3.05, 3.63) is 95.5 Å². The quantitative estimate of drug-likeness (QED) is 0.143. The molecule has 12 heteroatoms. The number of esters is 1. The van der Waals surface area contributed by atoms with Gasteiger partial charge in [0.2, 0.25) is 5.91 Å². The van der Waals surface area contributed by atoms with E-state index < -0.39 is 23.4 Å². The highest BCUT2D eigenvalue weighted by Crippen LogP contribution is 2.66. The smallest absolute Gasteiger partial charge is 0.306 e. The summed E-state index contributed by atoms with van der Waals surface area (Å²) < 4.78 is 6.84. The first-order valence-electron chi connectivity index (χ1n) is 20.6. The van der Waals surface area contributed by atoms with Crippen molar-refractivity contribution in [1.82, 2.24) is 20.1 Å². The van der Waals surface area contributed by atoms with Crippen LogP contribution in [0.3, 0.4) is 0 Å². The number of amides is 1. The molecule has 1 amide bonds. The highest BCUT2D eigenvalue weighted by molar-refractivity contribution is 7.99. The summed E-state index contributed by atoms with van der Waals surface area (Å²) in [4.78, 5) is 71.4. The lowest BCUT2D eigenvalue weighted by Gasteiger charge is -2.59. The summed E-state index contributed by atoms with van der Waals surface area (Å²) in [6, 6.07) is 18.5. The predicted molar refractivity (Wildman–Crippen MR) is 224 cm³/mol. The Morgan fingerprint density at radius 3 is 2.61 bits per heavy atom. The summed E-state index contributed by atoms with van der Waals surface area (Å²) in [6.07, 6.45) is 11.2. The average Bonchev–Trinajstić information content (AvgIpc) is 3.78. The molecule has 4 aliphatic rings. The minimum absolute atomic E-state index is 0.0638. The van der Waals surface area contributed by atoms with Gasteiger partial charge in [-0.2, -0.15) is 9.78 Å². The first-order valence-corrected chi connectivity index (χ1v) is 21.5. The third kappa shape index (κ3) is 7.73. The summed E-state index contributed by atoms with van der Waals surface area (Å²) in [5, 5.41) is 19.8. The number of fused-ring (bicyclic) bond motifs is 6. The number of aliphatic hydroxyl groups excluding tert-OH is 1. The Balaban J connectivity index is 0.940. The van der Waals surface area contributed by atoms with Crippen molar-refractivity contribution in [2.24, 2.45) is 34.5 Å². The van der Waals surface area contributed by atoms with Crippen LogP contribution < -0.4 is 5.32 Å². The lowest BCUT2D eigenvalue weighted by Crippen LogP contribution is -2.57. The third-order valence-corrected chi connectivity index (χ3v) is 14.9. The number of nitrogens with one attached hydrogen (secondary N) is 1. The fourth-order valence-corrected chi connectivity index (χ4v) is 12.0. The SMILES string of the molecule is CNC(=O)c1ccccc1Sc1ccc2c(/C=C/c3ccccn3)nn(C(=O)CCC(=O)OCC(=O)C3CCC4C5CCC6=CC(=O)CCC6(C)C5C(O)CC34C)c2c1. The Bertz CT molecular complexity index is 2390. The summed E-state index contributed by atoms with van der Waals surface area (Å²) in [6.45, 7) is 3.98. The van der Waals surface area contributed by atoms with E-state index in [1.165, 1.54) is 22.0 Å². The molecule has 0 spiro atoms. The van der Waals surface area contributed by atoms with E-state index in [1.807, 2.05) is 60.7 Å². The van der Waals surface area contributed by atoms with Gasteiger partial charge in [0.1, 0.15) is 6.61 Å². The van der Waals surface area contributed by atoms with E-state index >= 15 is 0 Å². The number of benzene rings is 2. The largest absolute Gasteiger partial charge is 0.458 e. The van der Waals surface area contributed by atoms with E-state index in [0.717, 1.165) is 46.6 Å². The van der Waals surface area contributed by atoms with Crippen LogP contribution in [-0.4, -0.2) is 69.0 Å². The number of ether oxygens (including phenoxy) is 1. The third-order valence-electron chi connectivity index (χ3n) is 13.8. The molecule has 4 aliphatic carbocycles. The van der Waals surface area contributed by atoms with Crippen LogP contribution in [0, 0.1) is 34.5 Å². The fraction of sp³-hybridized carbons (Fsp3) is 0.426. The Kier molecular flexibility index (Phi) is 11.3. The Labute approximate surface area is 348 Å². The molecule has 7 unspecified atom stereocenters. The van der Waals surface area contributed by atoms with Crippen LogP contribution in [0.15, 0.2) is 88.3 Å². The maximum absolute atomic E-state index is 13.8. The predicted octanol–water partition coefficient (Wildman–Crippen LogP) is 7.76. The number of aromatic nitrogens is 3. The zero-order valence-electron chi connectivity index (χ0n) is 33.7. The van der Waals surface area contributed by atoms with Gasteiger partial charge in [-0.3, -0.25) is 29.0 Å². The fourth-order valence-electron chi connectivity index (χ4n) is 11.0. The van der Waals surface area contributed by atoms with Gasteiger partial charge in [-0.25, -0.2) is 0 Å². The number of hydrogen-bond donors (Lipinski definition) is 2. The van der Waals surface area contributed by atoms with Crippen LogP contribution in [0.2, 0.25) is 0 Å². The number of allylic oxidation sites excluding steroid dienone is 1. The van der Waals surface area contributed by atoms with Crippen LogP contribution in [-0.2, 0) is 19.1 Å². The lowest BCUT2D eigenvalue weighted by molar-refractivity contribution is -0.155. The molecule has 59 heavy (non-hydrogen) atoms. The molecule has 4 aromatic rings. The molecule has 11 nitrogen and oxygen atoms in total. The molecule has 0 bridgehead atoms. The van der Waals surface area contributed by atoms with Gasteiger partial charge in [0.05, 0.1) is 35.0 Å². The van der Waals surface area contributed by atoms with Crippen LogP contribution in [0.5, 0.6) is 0 Å². The Morgan fingerprint density at radius 2 is 1.81 bits per heavy atom. The summed E-state index contributed by atoms with van der Waals surface area (Å²) >= 11 is 1.39. The molecule has 0 aliphatic heterocycles. The van der Waals surface area contributed by atoms with Gasteiger partial charge in [-0.05, 0) is 128 Å². The number of carbonyl (C=O) groups is 5. The zero-order chi connectivity index (χ0) is 41.5. The zero-order valence-corrected chi connectivity index (χ0v) is 34.5. The van der Waals surface area contributed by atoms with Gasteiger partial charge in [0, 0.05) is 47.2 Å². The average molecular weight is 815 g/mol. The second-order valence-corrected chi connectivity index (χ2v) is 18.2. The van der Waals surface area contributed by atoms with Crippen molar-refractivity contribution in [3.8, 4) is 0 Å². The van der Waals surface area contributed by atoms with Crippen LogP contribution in [0.4, 0.5) is 0 Å². The number of aliphatic hydroxyl groups is 1. The molecule has 2 N–H and O–H groups in total. The van der Waals surface area contributed by atoms with Gasteiger partial charge in [-0.15, -0.1) is 0 Å². The Hall–Kier alpha value is -5.20. The normalized spacial score (nSPS) is 27.4. The molecule has 7 atom stereocenters. The topological polar surface area (TPSA) is 158 Å². The summed E-state index contributed by atoms with van der Waals surface area (Å²) in [7, 11) is 1.58. The molecule has 2 heterocycles. The van der Waals surface area contributed by atoms with Crippen molar-refractivity contribution in [2.75, 3.05) is 13.7 Å². The van der Waals surface area contributed by atoms with Gasteiger partial charge < -0.3 is 15.2 Å². The first-order chi connectivity index (χ1) is 28.4. The van der Waals surface area contributed by atoms with Crippen molar-refractivity contribution < 1.29 is 33.8 Å². The molecule has 2 aromatic carbocycles. The molecular formula is C47H50N4O7S. The molecule has 306 valence electrons. The van der Waals surface area contributed by atoms with E-state index in [9.17, 15) is 29.1 Å². The maximum atomic E-state index is 13.8. The van der Waals surface area contributed by atoms with Crippen molar-refractivity contribution in [3.63, 3.8) is 0 Å². The van der Waals surface area contributed by atoms with Crippen LogP contribution in [0.25, 0.3) is 23.1 Å². The molecule has 0 saturated heterocycles. The first kappa shape index (κ1) is 40.6. The molecular weight excluding hydrogens is 765 g/mol. The number of hydrogen-bond acceptors (Lipinski definition) is 10. The van der Waals surface area contributed by atoms with Gasteiger partial charge in [-0.1, -0.05) is 49.4 Å². The Morgan fingerprint density at radius 1 is 1.00 bits per heavy atom.